The molecule has 0 radical (unpaired) electrons. The Morgan fingerprint density at radius 1 is 0.206 bits per heavy atom. The first-order valence-corrected chi connectivity index (χ1v) is 34.9. The number of pyridine rings is 4. The van der Waals surface area contributed by atoms with E-state index in [2.05, 4.69) is 293 Å². The molecule has 13 aromatic carbocycles. The molecule has 504 valence electrons. The van der Waals surface area contributed by atoms with Crippen molar-refractivity contribution in [1.82, 2.24) is 34.9 Å². The molecule has 0 aliphatic carbocycles. The van der Waals surface area contributed by atoms with E-state index in [0.717, 1.165) is 178 Å². The van der Waals surface area contributed by atoms with Crippen LogP contribution in [0.25, 0.3) is 184 Å². The second-order valence-corrected chi connectivity index (χ2v) is 25.7. The Bertz CT molecular complexity index is 5510. The van der Waals surface area contributed by atoms with Gasteiger partial charge in [-0.3, -0.25) is 12.1 Å². The van der Waals surface area contributed by atoms with Gasteiger partial charge >= 0.3 is 40.2 Å². The second kappa shape index (κ2) is 30.8. The first-order chi connectivity index (χ1) is 52.0. The monoisotopic (exact) mass is 1720 g/mol. The van der Waals surface area contributed by atoms with E-state index in [9.17, 15) is 0 Å². The average Bonchev–Trinajstić information content (AvgIpc) is 1.33. The fourth-order valence-electron chi connectivity index (χ4n) is 14.2. The van der Waals surface area contributed by atoms with Crippen molar-refractivity contribution in [2.75, 3.05) is 0 Å². The summed E-state index contributed by atoms with van der Waals surface area (Å²) in [6.45, 7) is 0. The molecule has 0 spiro atoms. The topological polar surface area (TPSA) is 82.3 Å². The Labute approximate surface area is 649 Å². The van der Waals surface area contributed by atoms with Crippen LogP contribution >= 0.6 is 0 Å². The average molecular weight is 1720 g/mol. The smallest absolute Gasteiger partial charge is 0.330 e. The Morgan fingerprint density at radius 3 is 0.710 bits per heavy atom. The second-order valence-electron chi connectivity index (χ2n) is 25.7. The predicted octanol–water partition coefficient (Wildman–Crippen LogP) is 23.8. The summed E-state index contributed by atoms with van der Waals surface area (Å²) in [6, 6.07) is 139. The SMILES string of the molecule is [Ir+3].[Ir+3].[c-]1cc(-c2c(-c3cc(-c4ccccc4-c4c[c-]c(-c5ccccn5)cc4)cc(-c4ccccc4-c4c[c-]c(-c5ccccn5)cc4)c3)cccc2-c2cc(-c3ccccc3-c3c[c-]c(-c4ccccn4)cc3)cc(-c3ccccc3-c3c[c-]c(-c4ccccn4)cc3)c2)c[c-]c1-n1nc2ccccc2n1. The molecule has 7 nitrogen and oxygen atoms in total. The number of fused-ring (bicyclic) bond motifs is 1. The Hall–Kier alpha value is -12.8. The standard InChI is InChI=1S/C98H59N7.2Ir/c1-5-24-86(82(20-1)66-36-44-70(45-37-66)92-30-11-15-56-99-92)75-60-76(87-25-6-2-21-83(87)67-38-46-71(47-39-67)93-31-12-16-57-100-93)63-79(62-75)90-28-19-29-91(98(90)74-52-54-81(55-53-74)105-103-96-34-9-10-35-97(96)104-105)80-64-77(88-26-7-3-22-84(88)68-40-48-72(49-41-68)94-32-13-17-58-101-94)61-78(65-80)89-27-8-4-23-85(89)69-42-50-73(51-43-69)95-33-14-18-59-102-95;;/h1-44,46,48,50,52-53,56-65H;;/q-6;2*+3. The van der Waals surface area contributed by atoms with Crippen molar-refractivity contribution in [3.05, 3.63) is 395 Å². The molecular weight excluding hydrogens is 1660 g/mol. The number of rotatable bonds is 16. The zero-order valence-corrected chi connectivity index (χ0v) is 62.2. The number of hydrogen-bond donors (Lipinski definition) is 0. The summed E-state index contributed by atoms with van der Waals surface area (Å²) in [5.41, 5.74) is 32.1. The zero-order chi connectivity index (χ0) is 69.8. The molecule has 18 aromatic rings. The largest absolute Gasteiger partial charge is 3.00 e. The Balaban J connectivity index is 0.00000438. The maximum absolute atomic E-state index is 4.88. The van der Waals surface area contributed by atoms with Gasteiger partial charge in [0.25, 0.3) is 0 Å². The molecule has 0 bridgehead atoms. The maximum Gasteiger partial charge on any atom is 3.00 e. The van der Waals surface area contributed by atoms with Crippen molar-refractivity contribution in [2.45, 2.75) is 0 Å². The van der Waals surface area contributed by atoms with Crippen LogP contribution in [0.1, 0.15) is 0 Å². The molecule has 0 fully saturated rings. The summed E-state index contributed by atoms with van der Waals surface area (Å²) < 4.78 is 0. The van der Waals surface area contributed by atoms with Crippen LogP contribution in [-0.4, -0.2) is 34.9 Å². The van der Waals surface area contributed by atoms with Gasteiger partial charge in [-0.2, -0.15) is 20.7 Å². The molecular formula is C98H59Ir2N7. The first-order valence-electron chi connectivity index (χ1n) is 34.9. The minimum Gasteiger partial charge on any atom is -0.330 e. The molecule has 0 unspecified atom stereocenters. The van der Waals surface area contributed by atoms with Gasteiger partial charge in [-0.05, 0) is 162 Å². The van der Waals surface area contributed by atoms with Crippen molar-refractivity contribution in [3.63, 3.8) is 0 Å². The first kappa shape index (κ1) is 68.6. The van der Waals surface area contributed by atoms with E-state index in [1.54, 1.807) is 4.80 Å². The number of aromatic nitrogens is 7. The summed E-state index contributed by atoms with van der Waals surface area (Å²) >= 11 is 0. The van der Waals surface area contributed by atoms with Gasteiger partial charge in [-0.1, -0.05) is 220 Å². The van der Waals surface area contributed by atoms with Crippen LogP contribution in [-0.2, 0) is 40.2 Å². The Kier molecular flexibility index (Phi) is 19.8. The summed E-state index contributed by atoms with van der Waals surface area (Å²) in [6.07, 6.45) is 7.29. The predicted molar refractivity (Wildman–Crippen MR) is 425 cm³/mol. The summed E-state index contributed by atoms with van der Waals surface area (Å²) in [7, 11) is 0. The third kappa shape index (κ3) is 14.1. The van der Waals surface area contributed by atoms with Gasteiger partial charge in [0, 0.05) is 24.8 Å². The van der Waals surface area contributed by atoms with Gasteiger partial charge in [-0.25, -0.2) is 5.56 Å². The molecule has 0 aliphatic heterocycles. The van der Waals surface area contributed by atoms with Crippen LogP contribution in [0.5, 0.6) is 0 Å². The quantitative estimate of drug-likeness (QED) is 0.0897. The minimum atomic E-state index is 0. The van der Waals surface area contributed by atoms with Gasteiger partial charge < -0.3 is 32.1 Å². The normalized spacial score (nSPS) is 11.0. The summed E-state index contributed by atoms with van der Waals surface area (Å²) in [5, 5.41) is 9.76. The molecule has 5 aromatic heterocycles. The van der Waals surface area contributed by atoms with Crippen LogP contribution in [0.4, 0.5) is 0 Å². The van der Waals surface area contributed by atoms with Crippen LogP contribution < -0.4 is 0 Å². The van der Waals surface area contributed by atoms with Crippen molar-refractivity contribution >= 4 is 11.0 Å². The molecule has 0 N–H and O–H groups in total. The van der Waals surface area contributed by atoms with Gasteiger partial charge in [0.2, 0.25) is 0 Å². The van der Waals surface area contributed by atoms with E-state index in [0.29, 0.717) is 5.69 Å². The Morgan fingerprint density at radius 2 is 0.449 bits per heavy atom. The molecule has 0 saturated heterocycles. The third-order valence-corrected chi connectivity index (χ3v) is 19.3. The molecule has 0 amide bonds. The van der Waals surface area contributed by atoms with Gasteiger partial charge in [0.1, 0.15) is 11.0 Å². The fourth-order valence-corrected chi connectivity index (χ4v) is 14.2. The van der Waals surface area contributed by atoms with E-state index in [-0.39, 0.29) is 40.2 Å². The summed E-state index contributed by atoms with van der Waals surface area (Å²) in [4.78, 5) is 20.2. The summed E-state index contributed by atoms with van der Waals surface area (Å²) in [5.74, 6) is 0. The zero-order valence-electron chi connectivity index (χ0n) is 57.4. The van der Waals surface area contributed by atoms with E-state index in [1.807, 2.05) is 122 Å². The number of hydrogen-bond acceptors (Lipinski definition) is 6. The van der Waals surface area contributed by atoms with E-state index >= 15 is 0 Å². The van der Waals surface area contributed by atoms with Crippen LogP contribution in [0.15, 0.2) is 358 Å². The molecule has 0 saturated carbocycles. The van der Waals surface area contributed by atoms with Crippen molar-refractivity contribution in [3.8, 4) is 173 Å². The van der Waals surface area contributed by atoms with Crippen molar-refractivity contribution in [1.29, 1.82) is 0 Å². The van der Waals surface area contributed by atoms with Gasteiger partial charge in [0.15, 0.2) is 0 Å². The number of nitrogens with zero attached hydrogens (tertiary/aromatic N) is 7. The maximum atomic E-state index is 4.88. The van der Waals surface area contributed by atoms with Crippen LogP contribution in [0.2, 0.25) is 0 Å². The fraction of sp³-hybridized carbons (Fsp3) is 0. The van der Waals surface area contributed by atoms with Gasteiger partial charge in [0.05, 0.1) is 0 Å². The van der Waals surface area contributed by atoms with E-state index in [4.69, 9.17) is 10.2 Å². The van der Waals surface area contributed by atoms with Crippen LogP contribution in [0.3, 0.4) is 0 Å². The minimum absolute atomic E-state index is 0. The molecule has 18 rings (SSSR count). The van der Waals surface area contributed by atoms with Crippen LogP contribution in [0, 0.1) is 36.4 Å². The van der Waals surface area contributed by atoms with Gasteiger partial charge in [-0.15, -0.1) is 125 Å². The number of benzene rings is 13. The van der Waals surface area contributed by atoms with Crippen molar-refractivity contribution < 1.29 is 40.2 Å². The van der Waals surface area contributed by atoms with E-state index in [1.165, 1.54) is 0 Å². The van der Waals surface area contributed by atoms with Crippen molar-refractivity contribution in [2.24, 2.45) is 0 Å². The molecule has 9 heteroatoms. The molecule has 0 atom stereocenters. The van der Waals surface area contributed by atoms with E-state index < -0.39 is 0 Å². The third-order valence-electron chi connectivity index (χ3n) is 19.3. The molecule has 0 aliphatic rings. The molecule has 107 heavy (non-hydrogen) atoms. The molecule has 5 heterocycles.